The maximum absolute atomic E-state index is 13.6. The number of fused-ring (bicyclic) bond motifs is 1. The van der Waals surface area contributed by atoms with Crippen molar-refractivity contribution in [2.75, 3.05) is 13.1 Å². The van der Waals surface area contributed by atoms with Crippen molar-refractivity contribution in [3.05, 3.63) is 86.5 Å². The van der Waals surface area contributed by atoms with E-state index in [4.69, 9.17) is 0 Å². The fourth-order valence-corrected chi connectivity index (χ4v) is 4.83. The van der Waals surface area contributed by atoms with Gasteiger partial charge in [0.2, 0.25) is 0 Å². The van der Waals surface area contributed by atoms with Gasteiger partial charge in [0.15, 0.2) is 18.0 Å². The summed E-state index contributed by atoms with van der Waals surface area (Å²) < 4.78 is 28.8. The maximum atomic E-state index is 13.6. The summed E-state index contributed by atoms with van der Waals surface area (Å²) in [4.78, 5) is 46.8. The van der Waals surface area contributed by atoms with Crippen molar-refractivity contribution in [1.29, 1.82) is 0 Å². The second-order valence-corrected chi connectivity index (χ2v) is 8.98. The van der Waals surface area contributed by atoms with E-state index in [9.17, 15) is 23.2 Å². The Morgan fingerprint density at radius 1 is 1.09 bits per heavy atom. The van der Waals surface area contributed by atoms with Crippen LogP contribution < -0.4 is 11.2 Å². The van der Waals surface area contributed by atoms with E-state index in [1.165, 1.54) is 11.1 Å². The second kappa shape index (κ2) is 7.97. The van der Waals surface area contributed by atoms with E-state index < -0.39 is 23.6 Å². The summed E-state index contributed by atoms with van der Waals surface area (Å²) in [6.45, 7) is -0.477. The number of carbonyl (C=O) groups is 1. The molecule has 0 unspecified atom stereocenters. The molecule has 178 valence electrons. The van der Waals surface area contributed by atoms with E-state index in [0.29, 0.717) is 16.9 Å². The lowest BCUT2D eigenvalue weighted by atomic mass is 10.0. The monoisotopic (exact) mass is 478 g/mol. The van der Waals surface area contributed by atoms with Gasteiger partial charge in [-0.25, -0.2) is 23.1 Å². The predicted octanol–water partition coefficient (Wildman–Crippen LogP) is 2.18. The third-order valence-corrected chi connectivity index (χ3v) is 6.70. The van der Waals surface area contributed by atoms with Gasteiger partial charge in [-0.3, -0.25) is 14.6 Å². The molecule has 1 aliphatic carbocycles. The summed E-state index contributed by atoms with van der Waals surface area (Å²) in [5, 5.41) is 4.46. The number of imidazole rings is 1. The lowest BCUT2D eigenvalue weighted by Gasteiger charge is -2.15. The van der Waals surface area contributed by atoms with Crippen molar-refractivity contribution in [1.82, 2.24) is 29.5 Å². The SMILES string of the molecule is O=C(c1cccc([C@H]2C[C@@H]2c2cc(-c3c[nH]c(=O)[nH]c3=O)nn3ccnc23)c1)N1C[C@@H](F)[C@@H](F)C1. The first-order valence-corrected chi connectivity index (χ1v) is 11.2. The van der Waals surface area contributed by atoms with Crippen LogP contribution in [0.1, 0.15) is 39.7 Å². The van der Waals surface area contributed by atoms with Crippen LogP contribution in [0.25, 0.3) is 16.9 Å². The molecule has 11 heteroatoms. The highest BCUT2D eigenvalue weighted by atomic mass is 19.2. The van der Waals surface area contributed by atoms with Gasteiger partial charge < -0.3 is 9.88 Å². The minimum absolute atomic E-state index is 0.0751. The first-order valence-electron chi connectivity index (χ1n) is 11.2. The molecule has 0 spiro atoms. The van der Waals surface area contributed by atoms with E-state index in [1.54, 1.807) is 41.2 Å². The Balaban J connectivity index is 1.31. The van der Waals surface area contributed by atoms with Crippen LogP contribution in [-0.2, 0) is 0 Å². The zero-order chi connectivity index (χ0) is 24.3. The molecule has 4 heterocycles. The number of halogens is 2. The molecule has 3 aromatic heterocycles. The highest BCUT2D eigenvalue weighted by molar-refractivity contribution is 5.94. The third kappa shape index (κ3) is 3.72. The molecule has 1 aromatic carbocycles. The Labute approximate surface area is 196 Å². The molecule has 4 atom stereocenters. The van der Waals surface area contributed by atoms with Crippen LogP contribution in [0.3, 0.4) is 0 Å². The molecule has 0 radical (unpaired) electrons. The summed E-state index contributed by atoms with van der Waals surface area (Å²) in [7, 11) is 0. The van der Waals surface area contributed by atoms with Crippen molar-refractivity contribution < 1.29 is 13.6 Å². The Morgan fingerprint density at radius 2 is 1.89 bits per heavy atom. The molecule has 2 aliphatic rings. The van der Waals surface area contributed by atoms with Crippen molar-refractivity contribution in [3.8, 4) is 11.3 Å². The summed E-state index contributed by atoms with van der Waals surface area (Å²) >= 11 is 0. The summed E-state index contributed by atoms with van der Waals surface area (Å²) in [6.07, 6.45) is 2.14. The smallest absolute Gasteiger partial charge is 0.325 e. The van der Waals surface area contributed by atoms with Gasteiger partial charge in [-0.1, -0.05) is 12.1 Å². The van der Waals surface area contributed by atoms with E-state index in [-0.39, 0.29) is 36.4 Å². The fourth-order valence-electron chi connectivity index (χ4n) is 4.83. The van der Waals surface area contributed by atoms with E-state index >= 15 is 0 Å². The first kappa shape index (κ1) is 21.4. The van der Waals surface area contributed by atoms with E-state index in [2.05, 4.69) is 20.1 Å². The molecule has 1 amide bonds. The minimum Gasteiger partial charge on any atom is -0.333 e. The lowest BCUT2D eigenvalue weighted by molar-refractivity contribution is 0.0778. The van der Waals surface area contributed by atoms with Gasteiger partial charge in [-0.15, -0.1) is 0 Å². The van der Waals surface area contributed by atoms with Crippen LogP contribution in [0.2, 0.25) is 0 Å². The average Bonchev–Trinajstić information content (AvgIpc) is 3.37. The van der Waals surface area contributed by atoms with Gasteiger partial charge >= 0.3 is 5.69 Å². The third-order valence-electron chi connectivity index (χ3n) is 6.70. The average molecular weight is 478 g/mol. The quantitative estimate of drug-likeness (QED) is 0.467. The molecular formula is C24H20F2N6O3. The number of alkyl halides is 2. The highest BCUT2D eigenvalue weighted by Gasteiger charge is 2.42. The zero-order valence-electron chi connectivity index (χ0n) is 18.3. The lowest BCUT2D eigenvalue weighted by Crippen LogP contribution is -2.29. The number of aromatic amines is 2. The molecule has 1 aliphatic heterocycles. The number of amides is 1. The van der Waals surface area contributed by atoms with E-state index in [0.717, 1.165) is 17.5 Å². The number of benzene rings is 1. The number of hydrogen-bond donors (Lipinski definition) is 2. The largest absolute Gasteiger partial charge is 0.333 e. The van der Waals surface area contributed by atoms with Gasteiger partial charge in [0, 0.05) is 29.7 Å². The molecule has 4 aromatic rings. The van der Waals surface area contributed by atoms with Crippen molar-refractivity contribution in [2.45, 2.75) is 30.6 Å². The first-order chi connectivity index (χ1) is 16.9. The molecule has 0 bridgehead atoms. The number of rotatable bonds is 4. The second-order valence-electron chi connectivity index (χ2n) is 8.98. The number of carbonyl (C=O) groups excluding carboxylic acids is 1. The van der Waals surface area contributed by atoms with Crippen molar-refractivity contribution in [2.24, 2.45) is 0 Å². The molecule has 2 N–H and O–H groups in total. The molecule has 2 fully saturated rings. The van der Waals surface area contributed by atoms with Crippen LogP contribution in [-0.4, -0.2) is 60.8 Å². The van der Waals surface area contributed by atoms with Crippen LogP contribution in [0.5, 0.6) is 0 Å². The van der Waals surface area contributed by atoms with Gasteiger partial charge in [0.25, 0.3) is 11.5 Å². The summed E-state index contributed by atoms with van der Waals surface area (Å²) in [5.41, 5.74) is 2.38. The van der Waals surface area contributed by atoms with Crippen LogP contribution in [0, 0.1) is 0 Å². The van der Waals surface area contributed by atoms with Crippen LogP contribution >= 0.6 is 0 Å². The highest BCUT2D eigenvalue weighted by Crippen LogP contribution is 2.55. The Hall–Kier alpha value is -4.15. The molecule has 1 saturated heterocycles. The predicted molar refractivity (Wildman–Crippen MR) is 122 cm³/mol. The van der Waals surface area contributed by atoms with Crippen molar-refractivity contribution in [3.63, 3.8) is 0 Å². The fraction of sp³-hybridized carbons (Fsp3) is 0.292. The molecule has 6 rings (SSSR count). The number of hydrogen-bond acceptors (Lipinski definition) is 5. The van der Waals surface area contributed by atoms with Crippen LogP contribution in [0.4, 0.5) is 8.78 Å². The van der Waals surface area contributed by atoms with Gasteiger partial charge in [0.05, 0.1) is 24.3 Å². The maximum Gasteiger partial charge on any atom is 0.325 e. The number of aromatic nitrogens is 5. The molecule has 1 saturated carbocycles. The standard InChI is InChI=1S/C24H20F2N6O3/c25-18-10-31(11-19(18)26)23(34)13-3-1-2-12(6-13)14-7-15(14)16-8-20(30-32-5-4-27-21(16)32)17-9-28-24(35)29-22(17)33/h1-6,8-9,14-15,18-19H,7,10-11H2,(H2,28,29,33,35)/t14-,15+,18-,19+/m1/s1. The van der Waals surface area contributed by atoms with E-state index in [1.807, 2.05) is 6.07 Å². The minimum atomic E-state index is -1.65. The number of likely N-dealkylation sites (tertiary alicyclic amines) is 1. The Bertz CT molecular complexity index is 1570. The van der Waals surface area contributed by atoms with Crippen LogP contribution in [0.15, 0.2) is 58.5 Å². The Kier molecular flexibility index (Phi) is 4.87. The zero-order valence-corrected chi connectivity index (χ0v) is 18.3. The summed E-state index contributed by atoms with van der Waals surface area (Å²) in [5.74, 6) is -0.203. The molecule has 35 heavy (non-hydrogen) atoms. The number of nitrogens with zero attached hydrogens (tertiary/aromatic N) is 4. The normalized spacial score (nSPS) is 23.7. The molecule has 9 nitrogen and oxygen atoms in total. The number of H-pyrrole nitrogens is 2. The Morgan fingerprint density at radius 3 is 2.66 bits per heavy atom. The van der Waals surface area contributed by atoms with Crippen molar-refractivity contribution >= 4 is 11.6 Å². The number of nitrogens with one attached hydrogen (secondary N) is 2. The summed E-state index contributed by atoms with van der Waals surface area (Å²) in [6, 6.07) is 8.94. The van der Waals surface area contributed by atoms with Gasteiger partial charge in [-0.05, 0) is 42.0 Å². The van der Waals surface area contributed by atoms with Gasteiger partial charge in [-0.2, -0.15) is 5.10 Å². The van der Waals surface area contributed by atoms with Gasteiger partial charge in [0.1, 0.15) is 0 Å². The molecular weight excluding hydrogens is 458 g/mol. The topological polar surface area (TPSA) is 116 Å².